The van der Waals surface area contributed by atoms with Crippen molar-refractivity contribution >= 4 is 27.5 Å². The highest BCUT2D eigenvalue weighted by Gasteiger charge is 2.25. The first-order chi connectivity index (χ1) is 11.4. The number of carbonyl (C=O) groups is 1. The molecule has 3 N–H and O–H groups in total. The van der Waals surface area contributed by atoms with Crippen LogP contribution in [0.15, 0.2) is 29.2 Å². The van der Waals surface area contributed by atoms with Gasteiger partial charge in [0.25, 0.3) is 0 Å². The average Bonchev–Trinajstić information content (AvgIpc) is 2.55. The third kappa shape index (κ3) is 5.17. The molecule has 0 aliphatic heterocycles. The van der Waals surface area contributed by atoms with E-state index in [1.165, 1.54) is 12.1 Å². The second kappa shape index (κ2) is 8.80. The third-order valence-corrected chi connectivity index (χ3v) is 6.22. The zero-order chi connectivity index (χ0) is 17.6. The number of carbonyl (C=O) groups excluding carboxylic acids is 1. The van der Waals surface area contributed by atoms with Crippen molar-refractivity contribution in [1.29, 1.82) is 0 Å². The summed E-state index contributed by atoms with van der Waals surface area (Å²) in [6.07, 6.45) is 3.89. The van der Waals surface area contributed by atoms with E-state index in [0.717, 1.165) is 25.7 Å². The summed E-state index contributed by atoms with van der Waals surface area (Å²) in [5.41, 5.74) is 0. The lowest BCUT2D eigenvalue weighted by molar-refractivity contribution is -0.122. The van der Waals surface area contributed by atoms with Crippen molar-refractivity contribution in [2.75, 3.05) is 13.2 Å². The molecule has 2 rings (SSSR count). The molecule has 0 radical (unpaired) electrons. The highest BCUT2D eigenvalue weighted by molar-refractivity contribution is 7.89. The molecule has 1 fully saturated rings. The Balaban J connectivity index is 1.83. The van der Waals surface area contributed by atoms with Crippen molar-refractivity contribution in [1.82, 2.24) is 10.0 Å². The fraction of sp³-hybridized carbons (Fsp3) is 0.562. The van der Waals surface area contributed by atoms with Crippen LogP contribution in [0.3, 0.4) is 0 Å². The summed E-state index contributed by atoms with van der Waals surface area (Å²) in [7, 11) is -3.74. The lowest BCUT2D eigenvalue weighted by Crippen LogP contribution is -2.44. The van der Waals surface area contributed by atoms with Gasteiger partial charge in [-0.25, -0.2) is 13.1 Å². The second-order valence-electron chi connectivity index (χ2n) is 5.98. The molecule has 1 aromatic rings. The van der Waals surface area contributed by atoms with Crippen LogP contribution in [-0.2, 0) is 14.8 Å². The molecule has 1 amide bonds. The number of rotatable bonds is 7. The molecule has 2 atom stereocenters. The predicted molar refractivity (Wildman–Crippen MR) is 92.2 cm³/mol. The van der Waals surface area contributed by atoms with E-state index >= 15 is 0 Å². The van der Waals surface area contributed by atoms with Crippen LogP contribution >= 0.6 is 11.6 Å². The van der Waals surface area contributed by atoms with Crippen LogP contribution in [0, 0.1) is 5.92 Å². The third-order valence-electron chi connectivity index (χ3n) is 4.26. The SMILES string of the molecule is O=C(CCNS(=O)(=O)c1ccccc1Cl)N[C@@H]1CCCC[C@@H]1CO. The predicted octanol–water partition coefficient (Wildman–Crippen LogP) is 1.68. The largest absolute Gasteiger partial charge is 0.396 e. The van der Waals surface area contributed by atoms with Crippen LogP contribution in [0.1, 0.15) is 32.1 Å². The Morgan fingerprint density at radius 1 is 1.25 bits per heavy atom. The summed E-state index contributed by atoms with van der Waals surface area (Å²) in [5, 5.41) is 12.4. The Kier molecular flexibility index (Phi) is 7.03. The van der Waals surface area contributed by atoms with Gasteiger partial charge in [-0.1, -0.05) is 36.6 Å². The number of aliphatic hydroxyl groups excluding tert-OH is 1. The van der Waals surface area contributed by atoms with Crippen molar-refractivity contribution in [3.8, 4) is 0 Å². The quantitative estimate of drug-likeness (QED) is 0.676. The summed E-state index contributed by atoms with van der Waals surface area (Å²) in [6.45, 7) is 0.0555. The van der Waals surface area contributed by atoms with Crippen LogP contribution in [-0.4, -0.2) is 38.6 Å². The number of halogens is 1. The zero-order valence-electron chi connectivity index (χ0n) is 13.4. The number of amides is 1. The van der Waals surface area contributed by atoms with Gasteiger partial charge in [-0.3, -0.25) is 4.79 Å². The molecule has 8 heteroatoms. The molecule has 0 aromatic heterocycles. The standard InChI is InChI=1S/C16H23ClN2O4S/c17-13-6-2-4-8-15(13)24(22,23)18-10-9-16(21)19-14-7-3-1-5-12(14)11-20/h2,4,6,8,12,14,18,20H,1,3,5,7,9-11H2,(H,19,21)/t12-,14-/m1/s1. The van der Waals surface area contributed by atoms with Crippen LogP contribution in [0.5, 0.6) is 0 Å². The number of sulfonamides is 1. The molecule has 1 aliphatic rings. The maximum absolute atomic E-state index is 12.2. The van der Waals surface area contributed by atoms with Crippen LogP contribution in [0.4, 0.5) is 0 Å². The van der Waals surface area contributed by atoms with E-state index in [1.807, 2.05) is 0 Å². The molecule has 0 spiro atoms. The van der Waals surface area contributed by atoms with Gasteiger partial charge in [-0.05, 0) is 25.0 Å². The first-order valence-electron chi connectivity index (χ1n) is 8.08. The van der Waals surface area contributed by atoms with Gasteiger partial charge in [0.15, 0.2) is 0 Å². The van der Waals surface area contributed by atoms with Gasteiger partial charge in [0.05, 0.1) is 5.02 Å². The minimum absolute atomic E-state index is 0.000278. The lowest BCUT2D eigenvalue weighted by Gasteiger charge is -2.30. The van der Waals surface area contributed by atoms with E-state index in [9.17, 15) is 18.3 Å². The number of aliphatic hydroxyl groups is 1. The second-order valence-corrected chi connectivity index (χ2v) is 8.12. The Labute approximate surface area is 147 Å². The van der Waals surface area contributed by atoms with E-state index < -0.39 is 10.0 Å². The van der Waals surface area contributed by atoms with Crippen LogP contribution < -0.4 is 10.0 Å². The van der Waals surface area contributed by atoms with E-state index in [1.54, 1.807) is 12.1 Å². The summed E-state index contributed by atoms with van der Waals surface area (Å²) in [5.74, 6) is -0.135. The van der Waals surface area contributed by atoms with Gasteiger partial charge >= 0.3 is 0 Å². The maximum atomic E-state index is 12.2. The molecule has 0 unspecified atom stereocenters. The van der Waals surface area contributed by atoms with Gasteiger partial charge in [-0.2, -0.15) is 0 Å². The lowest BCUT2D eigenvalue weighted by atomic mass is 9.85. The minimum Gasteiger partial charge on any atom is -0.396 e. The first-order valence-corrected chi connectivity index (χ1v) is 9.94. The maximum Gasteiger partial charge on any atom is 0.242 e. The molecule has 134 valence electrons. The summed E-state index contributed by atoms with van der Waals surface area (Å²) in [4.78, 5) is 12.0. The summed E-state index contributed by atoms with van der Waals surface area (Å²) in [6, 6.07) is 6.12. The highest BCUT2D eigenvalue weighted by Crippen LogP contribution is 2.24. The molecular weight excluding hydrogens is 352 g/mol. The van der Waals surface area contributed by atoms with E-state index in [2.05, 4.69) is 10.0 Å². The highest BCUT2D eigenvalue weighted by atomic mass is 35.5. The van der Waals surface area contributed by atoms with Crippen molar-refractivity contribution in [2.45, 2.75) is 43.0 Å². The van der Waals surface area contributed by atoms with Gasteiger partial charge in [0.2, 0.25) is 15.9 Å². The van der Waals surface area contributed by atoms with E-state index in [-0.39, 0.29) is 47.4 Å². The first kappa shape index (κ1) is 19.2. The summed E-state index contributed by atoms with van der Waals surface area (Å²) < 4.78 is 26.7. The van der Waals surface area contributed by atoms with Crippen molar-refractivity contribution < 1.29 is 18.3 Å². The average molecular weight is 375 g/mol. The van der Waals surface area contributed by atoms with Crippen molar-refractivity contribution in [2.24, 2.45) is 5.92 Å². The van der Waals surface area contributed by atoms with Gasteiger partial charge in [0.1, 0.15) is 4.90 Å². The number of hydrogen-bond donors (Lipinski definition) is 3. The van der Waals surface area contributed by atoms with Crippen molar-refractivity contribution in [3.63, 3.8) is 0 Å². The molecule has 0 bridgehead atoms. The minimum atomic E-state index is -3.74. The molecule has 1 aromatic carbocycles. The van der Waals surface area contributed by atoms with Crippen LogP contribution in [0.25, 0.3) is 0 Å². The molecular formula is C16H23ClN2O4S. The fourth-order valence-electron chi connectivity index (χ4n) is 2.93. The zero-order valence-corrected chi connectivity index (χ0v) is 14.9. The smallest absolute Gasteiger partial charge is 0.242 e. The Morgan fingerprint density at radius 3 is 2.67 bits per heavy atom. The van der Waals surface area contributed by atoms with Gasteiger partial charge in [-0.15, -0.1) is 0 Å². The fourth-order valence-corrected chi connectivity index (χ4v) is 4.48. The normalized spacial score (nSPS) is 21.4. The summed E-state index contributed by atoms with van der Waals surface area (Å²) >= 11 is 5.89. The number of benzene rings is 1. The molecule has 1 aliphatic carbocycles. The van der Waals surface area contributed by atoms with E-state index in [0.29, 0.717) is 0 Å². The van der Waals surface area contributed by atoms with Gasteiger partial charge < -0.3 is 10.4 Å². The molecule has 24 heavy (non-hydrogen) atoms. The Bertz CT molecular complexity index is 666. The Morgan fingerprint density at radius 2 is 1.96 bits per heavy atom. The van der Waals surface area contributed by atoms with Crippen molar-refractivity contribution in [3.05, 3.63) is 29.3 Å². The number of nitrogens with one attached hydrogen (secondary N) is 2. The van der Waals surface area contributed by atoms with Crippen LogP contribution in [0.2, 0.25) is 5.02 Å². The van der Waals surface area contributed by atoms with Gasteiger partial charge in [0, 0.05) is 31.5 Å². The molecule has 0 heterocycles. The number of hydrogen-bond acceptors (Lipinski definition) is 4. The van der Waals surface area contributed by atoms with E-state index in [4.69, 9.17) is 11.6 Å². The topological polar surface area (TPSA) is 95.5 Å². The Hall–Kier alpha value is -1.15. The molecule has 6 nitrogen and oxygen atoms in total. The molecule has 1 saturated carbocycles. The monoisotopic (exact) mass is 374 g/mol. The molecule has 0 saturated heterocycles.